The molecule has 4 rings (SSSR count). The quantitative estimate of drug-likeness (QED) is 0.0251. The number of hydrogen-bond acceptors (Lipinski definition) is 36. The standard InChI is InChI=1S/C67H121N11O33/c1-37(83)38(12-6-8-16-68)76-45(85)15-5-3-10-18-70-47(87)29-77(28-46(86)69-17-9-2-4-14-44(84)72-20-24-104-64-59(99)55(95)51(91)40(33-79)108-64)30-48(88)71-19-11-7-13-39(63(103)75-23-27-107-67-62(102)58(98)54(94)43(36-82)111-67)78(31-49(89)73-21-25-105-65-60(100)56(96)52(92)41(34-80)109-65)32-50(90)74-22-26-106-66-61(101)57(97)53(93)42(35-81)110-66/h38-43,51-62,64-67,79-82,91-102H,2-36,68H2,1H3,(H,69,86)(H,70,87)(H,71,88)(H,72,84)(H,73,89)(H,74,90)(H,75,103)(H,76,85)/t38-,39-,40+,41+,42+,43+,51+,52+,53+,54+,55-,56-,57-,58-,59-,60-,61-,62-,64-,65-,66-,67-/m0/s1. The van der Waals surface area contributed by atoms with Gasteiger partial charge in [-0.1, -0.05) is 12.8 Å². The molecule has 26 N–H and O–H groups in total. The van der Waals surface area contributed by atoms with Gasteiger partial charge < -0.3 is 168 Å². The first-order valence-electron chi connectivity index (χ1n) is 37.5. The molecule has 0 aromatic heterocycles. The van der Waals surface area contributed by atoms with Crippen molar-refractivity contribution in [2.45, 2.75) is 232 Å². The van der Waals surface area contributed by atoms with Crippen LogP contribution in [0.5, 0.6) is 0 Å². The SMILES string of the molecule is CC(=O)[C@H](CCCCN)NC(=O)CCCCCNC(=O)CN(CC(=O)NCCCCCC(=O)NCCO[C@H]1O[C@H](CO)[C@@H](O)[C@H](O)[C@@H]1O)CC(=O)NCCCC[C@@H](C(=O)NCCO[C@H]1O[C@H](CO)[C@@H](O)[C@H](O)[C@@H]1O)N(CC(=O)NCCO[C@H]1O[C@H](CO)[C@@H](O)[C@H](O)[C@@H]1O)CC(=O)NCCO[C@H]1O[C@H](CO)[C@@H](O)[C@H](O)[C@@H]1O. The van der Waals surface area contributed by atoms with E-state index in [9.17, 15) is 125 Å². The molecular weight excluding hydrogens is 1490 g/mol. The third-order valence-corrected chi connectivity index (χ3v) is 18.5. The molecule has 4 aliphatic rings. The van der Waals surface area contributed by atoms with Crippen molar-refractivity contribution in [3.63, 3.8) is 0 Å². The third-order valence-electron chi connectivity index (χ3n) is 18.5. The zero-order valence-corrected chi connectivity index (χ0v) is 62.5. The molecule has 22 atom stereocenters. The number of nitrogens with one attached hydrogen (secondary N) is 8. The fourth-order valence-electron chi connectivity index (χ4n) is 12.1. The summed E-state index contributed by atoms with van der Waals surface area (Å²) >= 11 is 0. The second-order valence-electron chi connectivity index (χ2n) is 27.4. The number of nitrogens with zero attached hydrogens (tertiary/aromatic N) is 2. The molecule has 0 bridgehead atoms. The topological polar surface area (TPSA) is 680 Å². The van der Waals surface area contributed by atoms with Crippen molar-refractivity contribution < 1.29 is 163 Å². The van der Waals surface area contributed by atoms with Gasteiger partial charge in [0.15, 0.2) is 30.9 Å². The van der Waals surface area contributed by atoms with E-state index in [-0.39, 0.29) is 102 Å². The monoisotopic (exact) mass is 1610 g/mol. The maximum Gasteiger partial charge on any atom is 0.237 e. The number of unbranched alkanes of at least 4 members (excludes halogenated alkanes) is 6. The van der Waals surface area contributed by atoms with Gasteiger partial charge in [0.1, 0.15) is 97.7 Å². The van der Waals surface area contributed by atoms with Crippen molar-refractivity contribution in [1.82, 2.24) is 52.3 Å². The summed E-state index contributed by atoms with van der Waals surface area (Å²) in [5.74, 6) is -5.01. The second kappa shape index (κ2) is 53.5. The van der Waals surface area contributed by atoms with E-state index >= 15 is 0 Å². The number of ketones is 1. The normalized spacial score (nSPS) is 28.7. The minimum absolute atomic E-state index is 0.000134. The van der Waals surface area contributed by atoms with E-state index in [1.54, 1.807) is 0 Å². The minimum atomic E-state index is -1.80. The van der Waals surface area contributed by atoms with Crippen LogP contribution < -0.4 is 48.3 Å². The van der Waals surface area contributed by atoms with Gasteiger partial charge in [-0.25, -0.2) is 0 Å². The van der Waals surface area contributed by atoms with Crippen molar-refractivity contribution >= 4 is 53.0 Å². The first kappa shape index (κ1) is 97.7. The smallest absolute Gasteiger partial charge is 0.237 e. The van der Waals surface area contributed by atoms with Gasteiger partial charge in [0.25, 0.3) is 0 Å². The second-order valence-corrected chi connectivity index (χ2v) is 27.4. The number of hydrogen-bond donors (Lipinski definition) is 25. The van der Waals surface area contributed by atoms with E-state index in [1.807, 2.05) is 0 Å². The molecule has 0 spiro atoms. The number of amides is 8. The average Bonchev–Trinajstić information content (AvgIpc) is 0.837. The van der Waals surface area contributed by atoms with Gasteiger partial charge in [0.2, 0.25) is 47.3 Å². The van der Waals surface area contributed by atoms with Crippen LogP contribution >= 0.6 is 0 Å². The first-order valence-corrected chi connectivity index (χ1v) is 37.5. The lowest BCUT2D eigenvalue weighted by molar-refractivity contribution is -0.300. The van der Waals surface area contributed by atoms with E-state index in [4.69, 9.17) is 43.6 Å². The number of nitrogens with two attached hydrogens (primary N) is 1. The molecular formula is C67H121N11O33. The van der Waals surface area contributed by atoms with Crippen LogP contribution in [0.15, 0.2) is 0 Å². The molecule has 0 saturated carbocycles. The summed E-state index contributed by atoms with van der Waals surface area (Å²) in [4.78, 5) is 122. The summed E-state index contributed by atoms with van der Waals surface area (Å²) < 4.78 is 43.3. The maximum absolute atomic E-state index is 14.4. The van der Waals surface area contributed by atoms with Crippen LogP contribution in [0.2, 0.25) is 0 Å². The molecule has 0 unspecified atom stereocenters. The molecule has 0 aromatic rings. The maximum atomic E-state index is 14.4. The summed E-state index contributed by atoms with van der Waals surface area (Å²) in [7, 11) is 0. The van der Waals surface area contributed by atoms with Gasteiger partial charge in [0.05, 0.1) is 97.7 Å². The zero-order valence-electron chi connectivity index (χ0n) is 62.5. The number of aliphatic hydroxyl groups excluding tert-OH is 16. The van der Waals surface area contributed by atoms with Crippen LogP contribution in [0.3, 0.4) is 0 Å². The van der Waals surface area contributed by atoms with E-state index < -0.39 is 249 Å². The molecule has 8 amide bonds. The van der Waals surface area contributed by atoms with Crippen molar-refractivity contribution in [3.8, 4) is 0 Å². The molecule has 111 heavy (non-hydrogen) atoms. The number of aliphatic hydroxyl groups is 16. The number of rotatable bonds is 55. The zero-order chi connectivity index (χ0) is 82.1. The number of carbonyl (C=O) groups excluding carboxylic acids is 9. The molecule has 642 valence electrons. The highest BCUT2D eigenvalue weighted by molar-refractivity contribution is 5.88. The largest absolute Gasteiger partial charge is 0.394 e. The lowest BCUT2D eigenvalue weighted by Crippen LogP contribution is -2.59. The van der Waals surface area contributed by atoms with Gasteiger partial charge in [-0.2, -0.15) is 0 Å². The Morgan fingerprint density at radius 3 is 1.00 bits per heavy atom. The van der Waals surface area contributed by atoms with Crippen molar-refractivity contribution in [2.24, 2.45) is 5.73 Å². The summed E-state index contributed by atoms with van der Waals surface area (Å²) in [6.07, 6.45) is -27.0. The highest BCUT2D eigenvalue weighted by atomic mass is 16.7. The van der Waals surface area contributed by atoms with Crippen molar-refractivity contribution in [2.75, 3.05) is 138 Å². The predicted octanol–water partition coefficient (Wildman–Crippen LogP) is -13.5. The van der Waals surface area contributed by atoms with Gasteiger partial charge in [-0.3, -0.25) is 53.0 Å². The van der Waals surface area contributed by atoms with Crippen LogP contribution in [-0.4, -0.2) is 417 Å². The Balaban J connectivity index is 1.43. The summed E-state index contributed by atoms with van der Waals surface area (Å²) in [5.41, 5.74) is 5.57. The van der Waals surface area contributed by atoms with Crippen molar-refractivity contribution in [3.05, 3.63) is 0 Å². The molecule has 0 radical (unpaired) electrons. The minimum Gasteiger partial charge on any atom is -0.394 e. The van der Waals surface area contributed by atoms with Crippen LogP contribution in [0.1, 0.15) is 96.8 Å². The summed E-state index contributed by atoms with van der Waals surface area (Å²) in [6, 6.07) is -2.02. The Kier molecular flexibility index (Phi) is 47.1. The number of ether oxygens (including phenoxy) is 8. The molecule has 44 heteroatoms. The Hall–Kier alpha value is -5.65. The van der Waals surface area contributed by atoms with E-state index in [1.165, 1.54) is 16.7 Å². The molecule has 4 saturated heterocycles. The highest BCUT2D eigenvalue weighted by Gasteiger charge is 2.48. The molecule has 4 heterocycles. The highest BCUT2D eigenvalue weighted by Crippen LogP contribution is 2.26. The average molecular weight is 1610 g/mol. The van der Waals surface area contributed by atoms with Crippen LogP contribution in [0.4, 0.5) is 0 Å². The third kappa shape index (κ3) is 34.8. The molecule has 0 aliphatic carbocycles. The van der Waals surface area contributed by atoms with Crippen LogP contribution in [0, 0.1) is 0 Å². The number of carbonyl (C=O) groups is 9. The molecule has 44 nitrogen and oxygen atoms in total. The lowest BCUT2D eigenvalue weighted by atomic mass is 9.99. The van der Waals surface area contributed by atoms with E-state index in [2.05, 4.69) is 42.5 Å². The lowest BCUT2D eigenvalue weighted by Gasteiger charge is -2.39. The predicted molar refractivity (Wildman–Crippen MR) is 378 cm³/mol. The van der Waals surface area contributed by atoms with Crippen LogP contribution in [-0.2, 0) is 81.0 Å². The number of Topliss-reactive ketones (excluding diaryl/α,β-unsaturated/α-hetero) is 1. The fraction of sp³-hybridized carbons (Fsp3) is 0.866. The van der Waals surface area contributed by atoms with Crippen LogP contribution in [0.25, 0.3) is 0 Å². The van der Waals surface area contributed by atoms with Gasteiger partial charge in [-0.05, 0) is 77.7 Å². The Labute approximate surface area is 641 Å². The Morgan fingerprint density at radius 1 is 0.351 bits per heavy atom. The van der Waals surface area contributed by atoms with Crippen molar-refractivity contribution in [1.29, 1.82) is 0 Å². The van der Waals surface area contributed by atoms with Gasteiger partial charge in [0, 0.05) is 58.7 Å². The van der Waals surface area contributed by atoms with E-state index in [0.717, 1.165) is 0 Å². The summed E-state index contributed by atoms with van der Waals surface area (Å²) in [5, 5.41) is 183. The van der Waals surface area contributed by atoms with Gasteiger partial charge in [-0.15, -0.1) is 0 Å². The van der Waals surface area contributed by atoms with Gasteiger partial charge >= 0.3 is 0 Å². The molecule has 4 fully saturated rings. The first-order chi connectivity index (χ1) is 53.0. The van der Waals surface area contributed by atoms with E-state index in [0.29, 0.717) is 64.3 Å². The Bertz CT molecular complexity index is 2680. The fourth-order valence-corrected chi connectivity index (χ4v) is 12.1. The summed E-state index contributed by atoms with van der Waals surface area (Å²) in [6.45, 7) is -5.94. The molecule has 4 aliphatic heterocycles. The molecule has 0 aromatic carbocycles. The Morgan fingerprint density at radius 2 is 0.658 bits per heavy atom.